The van der Waals surface area contributed by atoms with Crippen LogP contribution in [0.4, 0.5) is 5.82 Å². The van der Waals surface area contributed by atoms with Crippen LogP contribution in [-0.4, -0.2) is 51.0 Å². The molecule has 2 N–H and O–H groups in total. The number of β-amino-alcohol motifs (C(OH)–C–C–N with tert-alkyl or cyclic N) is 1. The molecule has 7 heteroatoms. The van der Waals surface area contributed by atoms with Gasteiger partial charge in [-0.25, -0.2) is 4.98 Å². The zero-order valence-electron chi connectivity index (χ0n) is 14.1. The Kier molecular flexibility index (Phi) is 4.53. The summed E-state index contributed by atoms with van der Waals surface area (Å²) in [6.07, 6.45) is 2.33. The van der Waals surface area contributed by atoms with Crippen LogP contribution in [-0.2, 0) is 6.54 Å². The average Bonchev–Trinajstić information content (AvgIpc) is 3.17. The van der Waals surface area contributed by atoms with Crippen molar-refractivity contribution in [2.24, 2.45) is 0 Å². The van der Waals surface area contributed by atoms with Gasteiger partial charge in [-0.15, -0.1) is 0 Å². The van der Waals surface area contributed by atoms with Gasteiger partial charge in [0.05, 0.1) is 0 Å². The van der Waals surface area contributed by atoms with Gasteiger partial charge in [0.15, 0.2) is 0 Å². The maximum absolute atomic E-state index is 12.3. The van der Waals surface area contributed by atoms with Crippen LogP contribution in [0.5, 0.6) is 0 Å². The van der Waals surface area contributed by atoms with Crippen molar-refractivity contribution in [2.75, 3.05) is 24.5 Å². The van der Waals surface area contributed by atoms with Crippen molar-refractivity contribution in [3.05, 3.63) is 41.9 Å². The highest BCUT2D eigenvalue weighted by atomic mass is 16.3. The molecule has 3 heterocycles. The molecule has 0 aliphatic carbocycles. The minimum Gasteiger partial charge on any atom is -0.386 e. The zero-order valence-corrected chi connectivity index (χ0v) is 14.1. The summed E-state index contributed by atoms with van der Waals surface area (Å²) in [5.74, 6) is 0.590. The maximum Gasteiger partial charge on any atom is 0.271 e. The van der Waals surface area contributed by atoms with Gasteiger partial charge in [0.2, 0.25) is 0 Å². The number of nitrogens with one attached hydrogen (secondary N) is 1. The van der Waals surface area contributed by atoms with E-state index in [4.69, 9.17) is 0 Å². The summed E-state index contributed by atoms with van der Waals surface area (Å²) in [7, 11) is 0. The molecule has 0 aromatic carbocycles. The molecule has 0 saturated carbocycles. The van der Waals surface area contributed by atoms with Crippen LogP contribution in [0.15, 0.2) is 30.5 Å². The lowest BCUT2D eigenvalue weighted by molar-refractivity contribution is 0.0574. The van der Waals surface area contributed by atoms with Gasteiger partial charge in [0, 0.05) is 38.1 Å². The predicted octanol–water partition coefficient (Wildman–Crippen LogP) is 0.978. The van der Waals surface area contributed by atoms with E-state index in [0.29, 0.717) is 25.2 Å². The molecular weight excluding hydrogens is 306 g/mol. The van der Waals surface area contributed by atoms with E-state index in [1.165, 1.54) is 0 Å². The van der Waals surface area contributed by atoms with E-state index in [2.05, 4.69) is 15.4 Å². The Morgan fingerprint density at radius 1 is 1.46 bits per heavy atom. The summed E-state index contributed by atoms with van der Waals surface area (Å²) < 4.78 is 1.78. The van der Waals surface area contributed by atoms with E-state index < -0.39 is 5.60 Å². The van der Waals surface area contributed by atoms with Crippen molar-refractivity contribution in [1.82, 2.24) is 20.1 Å². The van der Waals surface area contributed by atoms with Crippen molar-refractivity contribution >= 4 is 11.7 Å². The normalized spacial score (nSPS) is 20.4. The standard InChI is InChI=1S/C17H23N5O2/c1-3-22-13(2)10-14(20-22)16(23)19-11-17(24)7-9-21(12-17)15-6-4-5-8-18-15/h4-6,8,10,24H,3,7,9,11-12H2,1-2H3,(H,19,23)/t17-/m0/s1. The molecule has 7 nitrogen and oxygen atoms in total. The number of amides is 1. The van der Waals surface area contributed by atoms with E-state index in [-0.39, 0.29) is 12.5 Å². The first kappa shape index (κ1) is 16.4. The van der Waals surface area contributed by atoms with Crippen LogP contribution < -0.4 is 10.2 Å². The highest BCUT2D eigenvalue weighted by molar-refractivity contribution is 5.92. The fourth-order valence-corrected chi connectivity index (χ4v) is 3.01. The average molecular weight is 329 g/mol. The molecule has 1 aliphatic rings. The molecule has 1 atom stereocenters. The Bertz CT molecular complexity index is 715. The second kappa shape index (κ2) is 6.60. The Hall–Kier alpha value is -2.41. The van der Waals surface area contributed by atoms with E-state index in [0.717, 1.165) is 18.1 Å². The highest BCUT2D eigenvalue weighted by Gasteiger charge is 2.37. The number of hydrogen-bond acceptors (Lipinski definition) is 5. The number of aliphatic hydroxyl groups is 1. The molecule has 1 saturated heterocycles. The van der Waals surface area contributed by atoms with Crippen molar-refractivity contribution in [3.8, 4) is 0 Å². The molecule has 0 spiro atoms. The van der Waals surface area contributed by atoms with Crippen LogP contribution in [0.25, 0.3) is 0 Å². The zero-order chi connectivity index (χ0) is 17.2. The van der Waals surface area contributed by atoms with Gasteiger partial charge in [0.1, 0.15) is 17.1 Å². The number of hydrogen-bond donors (Lipinski definition) is 2. The van der Waals surface area contributed by atoms with Crippen molar-refractivity contribution in [1.29, 1.82) is 0 Å². The van der Waals surface area contributed by atoms with Crippen LogP contribution in [0.2, 0.25) is 0 Å². The first-order valence-corrected chi connectivity index (χ1v) is 8.22. The molecule has 1 aliphatic heterocycles. The second-order valence-electron chi connectivity index (χ2n) is 6.25. The fraction of sp³-hybridized carbons (Fsp3) is 0.471. The van der Waals surface area contributed by atoms with Crippen molar-refractivity contribution < 1.29 is 9.90 Å². The highest BCUT2D eigenvalue weighted by Crippen LogP contribution is 2.24. The van der Waals surface area contributed by atoms with Crippen molar-refractivity contribution in [2.45, 2.75) is 32.4 Å². The third kappa shape index (κ3) is 3.41. The lowest BCUT2D eigenvalue weighted by atomic mass is 10.0. The molecule has 3 rings (SSSR count). The largest absolute Gasteiger partial charge is 0.386 e. The number of rotatable bonds is 5. The smallest absolute Gasteiger partial charge is 0.271 e. The monoisotopic (exact) mass is 329 g/mol. The van der Waals surface area contributed by atoms with E-state index in [1.807, 2.05) is 36.9 Å². The third-order valence-corrected chi connectivity index (χ3v) is 4.40. The minimum atomic E-state index is -0.949. The second-order valence-corrected chi connectivity index (χ2v) is 6.25. The van der Waals surface area contributed by atoms with Gasteiger partial charge in [-0.3, -0.25) is 9.48 Å². The molecule has 24 heavy (non-hydrogen) atoms. The van der Waals surface area contributed by atoms with Gasteiger partial charge >= 0.3 is 0 Å². The summed E-state index contributed by atoms with van der Waals surface area (Å²) in [6.45, 7) is 5.99. The van der Waals surface area contributed by atoms with Crippen LogP contribution in [0, 0.1) is 6.92 Å². The first-order valence-electron chi connectivity index (χ1n) is 8.22. The van der Waals surface area contributed by atoms with E-state index in [9.17, 15) is 9.90 Å². The van der Waals surface area contributed by atoms with Crippen LogP contribution >= 0.6 is 0 Å². The van der Waals surface area contributed by atoms with Crippen LogP contribution in [0.3, 0.4) is 0 Å². The number of anilines is 1. The Morgan fingerprint density at radius 3 is 2.96 bits per heavy atom. The first-order chi connectivity index (χ1) is 11.5. The Morgan fingerprint density at radius 2 is 2.29 bits per heavy atom. The lowest BCUT2D eigenvalue weighted by Gasteiger charge is -2.24. The molecule has 0 radical (unpaired) electrons. The molecule has 128 valence electrons. The van der Waals surface area contributed by atoms with Crippen LogP contribution in [0.1, 0.15) is 29.5 Å². The van der Waals surface area contributed by atoms with Crippen molar-refractivity contribution in [3.63, 3.8) is 0 Å². The number of carbonyl (C=O) groups excluding carboxylic acids is 1. The number of aryl methyl sites for hydroxylation is 2. The molecule has 0 unspecified atom stereocenters. The maximum atomic E-state index is 12.3. The van der Waals surface area contributed by atoms with Gasteiger partial charge in [-0.2, -0.15) is 5.10 Å². The number of pyridine rings is 1. The third-order valence-electron chi connectivity index (χ3n) is 4.40. The molecule has 1 fully saturated rings. The summed E-state index contributed by atoms with van der Waals surface area (Å²) in [6, 6.07) is 7.47. The summed E-state index contributed by atoms with van der Waals surface area (Å²) >= 11 is 0. The molecule has 2 aromatic rings. The molecule has 2 aromatic heterocycles. The summed E-state index contributed by atoms with van der Waals surface area (Å²) in [5.41, 5.74) is 0.385. The fourth-order valence-electron chi connectivity index (χ4n) is 3.01. The van der Waals surface area contributed by atoms with E-state index >= 15 is 0 Å². The molecular formula is C17H23N5O2. The summed E-state index contributed by atoms with van der Waals surface area (Å²) in [5, 5.41) is 17.8. The summed E-state index contributed by atoms with van der Waals surface area (Å²) in [4.78, 5) is 18.6. The number of aromatic nitrogens is 3. The molecule has 1 amide bonds. The lowest BCUT2D eigenvalue weighted by Crippen LogP contribution is -2.45. The van der Waals surface area contributed by atoms with E-state index in [1.54, 1.807) is 16.9 Å². The predicted molar refractivity (Wildman–Crippen MR) is 91.0 cm³/mol. The quantitative estimate of drug-likeness (QED) is 0.854. The van der Waals surface area contributed by atoms with Gasteiger partial charge < -0.3 is 15.3 Å². The topological polar surface area (TPSA) is 83.3 Å². The van der Waals surface area contributed by atoms with Gasteiger partial charge in [0.25, 0.3) is 5.91 Å². The van der Waals surface area contributed by atoms with Gasteiger partial charge in [-0.1, -0.05) is 6.07 Å². The van der Waals surface area contributed by atoms with Gasteiger partial charge in [-0.05, 0) is 38.5 Å². The Labute approximate surface area is 141 Å². The Balaban J connectivity index is 1.59. The minimum absolute atomic E-state index is 0.202. The SMILES string of the molecule is CCn1nc(C(=O)NC[C@@]2(O)CCN(c3ccccn3)C2)cc1C. The number of nitrogens with zero attached hydrogens (tertiary/aromatic N) is 4. The molecule has 0 bridgehead atoms. The number of carbonyl (C=O) groups is 1.